The van der Waals surface area contributed by atoms with Crippen LogP contribution in [0.5, 0.6) is 23.0 Å². The monoisotopic (exact) mass is 748 g/mol. The maximum absolute atomic E-state index is 5.70. The number of ether oxygens (including phenoxy) is 4. The Morgan fingerprint density at radius 2 is 0.737 bits per heavy atom. The number of nitrogens with zero attached hydrogens (tertiary/aromatic N) is 6. The highest BCUT2D eigenvalue weighted by atomic mass is 16.5. The van der Waals surface area contributed by atoms with Crippen molar-refractivity contribution >= 4 is 43.9 Å². The van der Waals surface area contributed by atoms with Gasteiger partial charge in [-0.1, -0.05) is 72.8 Å². The van der Waals surface area contributed by atoms with Gasteiger partial charge in [0.15, 0.2) is 11.6 Å². The first-order valence-corrected chi connectivity index (χ1v) is 18.5. The van der Waals surface area contributed by atoms with Gasteiger partial charge in [-0.25, -0.2) is 4.98 Å². The Balaban J connectivity index is 1.42. The van der Waals surface area contributed by atoms with Gasteiger partial charge < -0.3 is 28.1 Å². The SMILES string of the molecule is COc1cc(OC)cc(-c2nc(-c3cc(OC)cc(OC)c3)nc(-n3c4c5ccccc5n(-c5ccccc5)c4c4c3c3ccccc3n4-c3ccccc3)n2)c1. The minimum atomic E-state index is 0.433. The minimum Gasteiger partial charge on any atom is -0.497 e. The molecular formula is C47H36N6O4. The van der Waals surface area contributed by atoms with Gasteiger partial charge in [-0.15, -0.1) is 0 Å². The molecule has 4 aromatic heterocycles. The maximum Gasteiger partial charge on any atom is 0.238 e. The van der Waals surface area contributed by atoms with Crippen LogP contribution in [0.3, 0.4) is 0 Å². The van der Waals surface area contributed by atoms with E-state index in [0.29, 0.717) is 51.7 Å². The molecule has 278 valence electrons. The molecule has 10 rings (SSSR count). The van der Waals surface area contributed by atoms with Gasteiger partial charge in [-0.3, -0.25) is 4.57 Å². The molecule has 4 heterocycles. The van der Waals surface area contributed by atoms with Crippen LogP contribution in [0.4, 0.5) is 0 Å². The lowest BCUT2D eigenvalue weighted by Gasteiger charge is -2.13. The number of hydrogen-bond donors (Lipinski definition) is 0. The van der Waals surface area contributed by atoms with Gasteiger partial charge in [0.05, 0.1) is 61.5 Å². The summed E-state index contributed by atoms with van der Waals surface area (Å²) in [5.74, 6) is 3.74. The van der Waals surface area contributed by atoms with Crippen molar-refractivity contribution in [3.05, 3.63) is 146 Å². The summed E-state index contributed by atoms with van der Waals surface area (Å²) in [4.78, 5) is 15.8. The summed E-state index contributed by atoms with van der Waals surface area (Å²) in [6, 6.07) is 49.3. The molecule has 10 aromatic rings. The summed E-state index contributed by atoms with van der Waals surface area (Å²) in [6.07, 6.45) is 0. The predicted octanol–water partition coefficient (Wildman–Crippen LogP) is 10.2. The van der Waals surface area contributed by atoms with E-state index >= 15 is 0 Å². The second-order valence-electron chi connectivity index (χ2n) is 13.6. The van der Waals surface area contributed by atoms with Crippen LogP contribution in [-0.2, 0) is 0 Å². The molecule has 0 spiro atoms. The van der Waals surface area contributed by atoms with Crippen molar-refractivity contribution in [2.24, 2.45) is 0 Å². The average Bonchev–Trinajstić information content (AvgIpc) is 3.91. The highest BCUT2D eigenvalue weighted by Gasteiger charge is 2.29. The van der Waals surface area contributed by atoms with Crippen LogP contribution in [0.2, 0.25) is 0 Å². The molecule has 0 radical (unpaired) electrons. The average molecular weight is 749 g/mol. The number of aromatic nitrogens is 6. The van der Waals surface area contributed by atoms with E-state index in [0.717, 1.165) is 55.2 Å². The van der Waals surface area contributed by atoms with Crippen molar-refractivity contribution in [2.75, 3.05) is 28.4 Å². The third-order valence-electron chi connectivity index (χ3n) is 10.4. The fourth-order valence-electron chi connectivity index (χ4n) is 7.93. The second kappa shape index (κ2) is 13.6. The van der Waals surface area contributed by atoms with Crippen molar-refractivity contribution in [3.8, 4) is 63.1 Å². The summed E-state index contributed by atoms with van der Waals surface area (Å²) in [5, 5.41) is 2.09. The maximum atomic E-state index is 5.70. The lowest BCUT2D eigenvalue weighted by molar-refractivity contribution is 0.394. The molecule has 0 saturated heterocycles. The smallest absolute Gasteiger partial charge is 0.238 e. The first kappa shape index (κ1) is 33.9. The minimum absolute atomic E-state index is 0.433. The number of methoxy groups -OCH3 is 4. The van der Waals surface area contributed by atoms with Gasteiger partial charge in [0.2, 0.25) is 5.95 Å². The number of fused-ring (bicyclic) bond motifs is 7. The van der Waals surface area contributed by atoms with E-state index in [1.807, 2.05) is 48.5 Å². The molecule has 57 heavy (non-hydrogen) atoms. The number of hydrogen-bond acceptors (Lipinski definition) is 7. The largest absolute Gasteiger partial charge is 0.497 e. The summed E-state index contributed by atoms with van der Waals surface area (Å²) in [6.45, 7) is 0. The fourth-order valence-corrected chi connectivity index (χ4v) is 7.93. The standard InChI is InChI=1S/C47H36N6O4/c1-54-33-23-29(24-34(27-33)55-2)45-48-46(30-25-35(56-3)28-36(26-30)57-4)50-47(49-45)53-41-37-19-11-13-21-39(37)51(31-15-7-5-8-16-31)43(41)44-42(53)38-20-12-14-22-40(38)52(44)32-17-9-6-10-18-32/h5-28H,1-4H3. The fraction of sp³-hybridized carbons (Fsp3) is 0.0851. The number of benzene rings is 6. The molecule has 6 aromatic carbocycles. The van der Waals surface area contributed by atoms with Crippen LogP contribution >= 0.6 is 0 Å². The first-order chi connectivity index (χ1) is 28.1. The van der Waals surface area contributed by atoms with Crippen molar-refractivity contribution < 1.29 is 18.9 Å². The predicted molar refractivity (Wildman–Crippen MR) is 225 cm³/mol. The van der Waals surface area contributed by atoms with Crippen LogP contribution in [0.15, 0.2) is 146 Å². The third-order valence-corrected chi connectivity index (χ3v) is 10.4. The first-order valence-electron chi connectivity index (χ1n) is 18.5. The molecule has 0 aliphatic carbocycles. The lowest BCUT2D eigenvalue weighted by atomic mass is 10.1. The summed E-state index contributed by atoms with van der Waals surface area (Å²) < 4.78 is 29.7. The molecule has 0 atom stereocenters. The molecular weight excluding hydrogens is 713 g/mol. The topological polar surface area (TPSA) is 90.4 Å². The van der Waals surface area contributed by atoms with Gasteiger partial charge in [-0.05, 0) is 60.7 Å². The summed E-state index contributed by atoms with van der Waals surface area (Å²) >= 11 is 0. The summed E-state index contributed by atoms with van der Waals surface area (Å²) in [7, 11) is 6.51. The van der Waals surface area contributed by atoms with Crippen LogP contribution in [0.25, 0.3) is 84.0 Å². The Morgan fingerprint density at radius 3 is 1.12 bits per heavy atom. The van der Waals surface area contributed by atoms with E-state index in [1.54, 1.807) is 28.4 Å². The molecule has 0 aliphatic rings. The second-order valence-corrected chi connectivity index (χ2v) is 13.6. The van der Waals surface area contributed by atoms with E-state index in [2.05, 4.69) is 111 Å². The third kappa shape index (κ3) is 5.44. The zero-order chi connectivity index (χ0) is 38.6. The molecule has 0 bridgehead atoms. The van der Waals surface area contributed by atoms with E-state index in [4.69, 9.17) is 33.9 Å². The van der Waals surface area contributed by atoms with Gasteiger partial charge in [0.25, 0.3) is 0 Å². The Kier molecular flexibility index (Phi) is 8.10. The van der Waals surface area contributed by atoms with E-state index in [1.165, 1.54) is 0 Å². The van der Waals surface area contributed by atoms with Gasteiger partial charge in [0, 0.05) is 45.4 Å². The zero-order valence-corrected chi connectivity index (χ0v) is 31.7. The molecule has 0 N–H and O–H groups in total. The highest BCUT2D eigenvalue weighted by Crippen LogP contribution is 2.45. The number of rotatable bonds is 9. The molecule has 10 nitrogen and oxygen atoms in total. The Morgan fingerprint density at radius 1 is 0.368 bits per heavy atom. The Labute approximate surface area is 327 Å². The highest BCUT2D eigenvalue weighted by molar-refractivity contribution is 6.25. The van der Waals surface area contributed by atoms with Crippen LogP contribution in [0, 0.1) is 0 Å². The Hall–Kier alpha value is -7.59. The molecule has 0 amide bonds. The molecule has 0 fully saturated rings. The lowest BCUT2D eigenvalue weighted by Crippen LogP contribution is -2.07. The van der Waals surface area contributed by atoms with Gasteiger partial charge in [-0.2, -0.15) is 9.97 Å². The van der Waals surface area contributed by atoms with Crippen molar-refractivity contribution in [1.29, 1.82) is 0 Å². The molecule has 0 aliphatic heterocycles. The molecule has 0 unspecified atom stereocenters. The van der Waals surface area contributed by atoms with E-state index < -0.39 is 0 Å². The van der Waals surface area contributed by atoms with Gasteiger partial charge in [0.1, 0.15) is 23.0 Å². The zero-order valence-electron chi connectivity index (χ0n) is 31.7. The van der Waals surface area contributed by atoms with Crippen LogP contribution in [-0.4, -0.2) is 57.1 Å². The van der Waals surface area contributed by atoms with Crippen molar-refractivity contribution in [3.63, 3.8) is 0 Å². The van der Waals surface area contributed by atoms with Crippen molar-refractivity contribution in [2.45, 2.75) is 0 Å². The number of para-hydroxylation sites is 4. The molecule has 10 heteroatoms. The quantitative estimate of drug-likeness (QED) is 0.145. The molecule has 0 saturated carbocycles. The van der Waals surface area contributed by atoms with Crippen LogP contribution < -0.4 is 18.9 Å². The van der Waals surface area contributed by atoms with Crippen LogP contribution in [0.1, 0.15) is 0 Å². The summed E-state index contributed by atoms with van der Waals surface area (Å²) in [5.41, 5.74) is 9.55. The van der Waals surface area contributed by atoms with E-state index in [-0.39, 0.29) is 0 Å². The van der Waals surface area contributed by atoms with E-state index in [9.17, 15) is 0 Å². The van der Waals surface area contributed by atoms with Gasteiger partial charge >= 0.3 is 0 Å². The Bertz CT molecular complexity index is 2880. The normalized spacial score (nSPS) is 11.5. The van der Waals surface area contributed by atoms with Crippen molar-refractivity contribution in [1.82, 2.24) is 28.7 Å².